The first-order valence-electron chi connectivity index (χ1n) is 5.06. The van der Waals surface area contributed by atoms with E-state index in [1.165, 1.54) is 11.3 Å². The van der Waals surface area contributed by atoms with Crippen LogP contribution in [0.25, 0.3) is 11.3 Å². The molecule has 0 unspecified atom stereocenters. The van der Waals surface area contributed by atoms with E-state index in [0.29, 0.717) is 10.8 Å². The molecule has 1 heterocycles. The minimum atomic E-state index is -1.98. The second-order valence-electron chi connectivity index (χ2n) is 3.60. The molecule has 0 radical (unpaired) electrons. The summed E-state index contributed by atoms with van der Waals surface area (Å²) in [5.41, 5.74) is 7.76. The summed E-state index contributed by atoms with van der Waals surface area (Å²) in [4.78, 5) is 15.6. The van der Waals surface area contributed by atoms with E-state index in [1.54, 1.807) is 24.3 Å². The van der Waals surface area contributed by atoms with E-state index in [9.17, 15) is 4.79 Å². The summed E-state index contributed by atoms with van der Waals surface area (Å²) in [6.45, 7) is 0. The third-order valence-corrected chi connectivity index (χ3v) is 3.41. The van der Waals surface area contributed by atoms with Crippen LogP contribution in [0.2, 0.25) is 0 Å². The van der Waals surface area contributed by atoms with Crippen LogP contribution < -0.4 is 11.1 Å². The quantitative estimate of drug-likeness (QED) is 0.822. The highest BCUT2D eigenvalue weighted by molar-refractivity contribution is 7.13. The molecule has 4 nitrogen and oxygen atoms in total. The van der Waals surface area contributed by atoms with Gasteiger partial charge in [-0.3, -0.25) is 4.79 Å². The van der Waals surface area contributed by atoms with Crippen molar-refractivity contribution in [1.82, 2.24) is 4.98 Å². The molecule has 2 aromatic rings. The van der Waals surface area contributed by atoms with Gasteiger partial charge in [0.25, 0.3) is 9.70 Å². The smallest absolute Gasteiger partial charge is 0.276 e. The maximum atomic E-state index is 11.5. The van der Waals surface area contributed by atoms with Crippen molar-refractivity contribution in [2.24, 2.45) is 0 Å². The van der Waals surface area contributed by atoms with Gasteiger partial charge in [-0.25, -0.2) is 4.98 Å². The number of anilines is 2. The Labute approximate surface area is 128 Å². The van der Waals surface area contributed by atoms with Crippen LogP contribution in [0.5, 0.6) is 0 Å². The molecule has 0 aliphatic heterocycles. The molecule has 1 amide bonds. The van der Waals surface area contributed by atoms with E-state index < -0.39 is 9.70 Å². The largest absolute Gasteiger partial charge is 0.375 e. The second-order valence-corrected chi connectivity index (χ2v) is 6.77. The number of benzene rings is 1. The number of amides is 1. The SMILES string of the molecule is Nc1nc(-c2ccc(NC(=O)C(Cl)(Cl)Cl)cc2)cs1. The fourth-order valence-electron chi connectivity index (χ4n) is 1.35. The van der Waals surface area contributed by atoms with Gasteiger partial charge in [-0.2, -0.15) is 0 Å². The first-order valence-corrected chi connectivity index (χ1v) is 7.07. The van der Waals surface area contributed by atoms with Crippen molar-refractivity contribution >= 4 is 62.9 Å². The number of nitrogen functional groups attached to an aromatic ring is 1. The monoisotopic (exact) mass is 335 g/mol. The second kappa shape index (κ2) is 5.54. The Kier molecular flexibility index (Phi) is 4.20. The third-order valence-electron chi connectivity index (χ3n) is 2.22. The lowest BCUT2D eigenvalue weighted by Gasteiger charge is -2.11. The molecule has 0 saturated heterocycles. The van der Waals surface area contributed by atoms with Gasteiger partial charge in [0.1, 0.15) is 0 Å². The maximum absolute atomic E-state index is 11.5. The number of carbonyl (C=O) groups is 1. The van der Waals surface area contributed by atoms with Crippen LogP contribution >= 0.6 is 46.1 Å². The third kappa shape index (κ3) is 3.73. The number of thiazole rings is 1. The zero-order chi connectivity index (χ0) is 14.0. The minimum Gasteiger partial charge on any atom is -0.375 e. The molecule has 0 atom stereocenters. The Bertz CT molecular complexity index is 592. The fourth-order valence-corrected chi connectivity index (χ4v) is 2.06. The summed E-state index contributed by atoms with van der Waals surface area (Å²) in [5, 5.41) is 4.84. The number of hydrogen-bond acceptors (Lipinski definition) is 4. The Morgan fingerprint density at radius 3 is 2.37 bits per heavy atom. The van der Waals surface area contributed by atoms with Crippen molar-refractivity contribution in [1.29, 1.82) is 0 Å². The zero-order valence-corrected chi connectivity index (χ0v) is 12.4. The minimum absolute atomic E-state index is 0.503. The van der Waals surface area contributed by atoms with Crippen molar-refractivity contribution in [2.75, 3.05) is 11.1 Å². The lowest BCUT2D eigenvalue weighted by atomic mass is 10.1. The van der Waals surface area contributed by atoms with Crippen LogP contribution in [0.4, 0.5) is 10.8 Å². The molecule has 3 N–H and O–H groups in total. The Balaban J connectivity index is 2.13. The van der Waals surface area contributed by atoms with Crippen molar-refractivity contribution in [3.05, 3.63) is 29.6 Å². The molecule has 0 spiro atoms. The molecule has 8 heteroatoms. The van der Waals surface area contributed by atoms with Gasteiger partial charge in [0.2, 0.25) is 0 Å². The molecule has 0 aliphatic carbocycles. The van der Waals surface area contributed by atoms with E-state index in [1.807, 2.05) is 5.38 Å². The topological polar surface area (TPSA) is 68.0 Å². The molecule has 100 valence electrons. The summed E-state index contributed by atoms with van der Waals surface area (Å²) >= 11 is 17.7. The number of rotatable bonds is 2. The normalized spacial score (nSPS) is 11.3. The Morgan fingerprint density at radius 1 is 1.26 bits per heavy atom. The average Bonchev–Trinajstić information content (AvgIpc) is 2.75. The van der Waals surface area contributed by atoms with Crippen molar-refractivity contribution < 1.29 is 4.79 Å². The van der Waals surface area contributed by atoms with E-state index in [2.05, 4.69) is 10.3 Å². The highest BCUT2D eigenvalue weighted by Crippen LogP contribution is 2.28. The fraction of sp³-hybridized carbons (Fsp3) is 0.0909. The summed E-state index contributed by atoms with van der Waals surface area (Å²) in [6, 6.07) is 6.98. The molecular formula is C11H8Cl3N3OS. The molecule has 0 fully saturated rings. The highest BCUT2D eigenvalue weighted by Gasteiger charge is 2.30. The lowest BCUT2D eigenvalue weighted by Crippen LogP contribution is -2.26. The van der Waals surface area contributed by atoms with Crippen LogP contribution in [0.1, 0.15) is 0 Å². The lowest BCUT2D eigenvalue weighted by molar-refractivity contribution is -0.115. The Morgan fingerprint density at radius 2 is 1.89 bits per heavy atom. The summed E-state index contributed by atoms with van der Waals surface area (Å²) < 4.78 is -1.98. The van der Waals surface area contributed by atoms with E-state index >= 15 is 0 Å². The van der Waals surface area contributed by atoms with E-state index in [4.69, 9.17) is 40.5 Å². The Hall–Kier alpha value is -1.01. The molecule has 19 heavy (non-hydrogen) atoms. The molecule has 0 aliphatic rings. The standard InChI is InChI=1S/C11H8Cl3N3OS/c12-11(13,14)9(18)16-7-3-1-6(2-4-7)8-5-19-10(15)17-8/h1-5H,(H2,15,17)(H,16,18). The van der Waals surface area contributed by atoms with Gasteiger partial charge in [0, 0.05) is 16.6 Å². The maximum Gasteiger partial charge on any atom is 0.276 e. The number of nitrogens with one attached hydrogen (secondary N) is 1. The molecule has 1 aromatic carbocycles. The number of halogens is 3. The average molecular weight is 337 g/mol. The van der Waals surface area contributed by atoms with Crippen molar-refractivity contribution in [3.63, 3.8) is 0 Å². The number of nitrogens with two attached hydrogens (primary N) is 1. The number of hydrogen-bond donors (Lipinski definition) is 2. The van der Waals surface area contributed by atoms with Crippen LogP contribution in [-0.4, -0.2) is 14.7 Å². The first kappa shape index (κ1) is 14.4. The van der Waals surface area contributed by atoms with Crippen molar-refractivity contribution in [2.45, 2.75) is 3.79 Å². The van der Waals surface area contributed by atoms with Gasteiger partial charge in [0.15, 0.2) is 5.13 Å². The van der Waals surface area contributed by atoms with Crippen LogP contribution in [0.3, 0.4) is 0 Å². The molecule has 1 aromatic heterocycles. The van der Waals surface area contributed by atoms with Gasteiger partial charge in [0.05, 0.1) is 5.69 Å². The van der Waals surface area contributed by atoms with Crippen LogP contribution in [0, 0.1) is 0 Å². The van der Waals surface area contributed by atoms with Gasteiger partial charge in [-0.15, -0.1) is 11.3 Å². The van der Waals surface area contributed by atoms with Crippen LogP contribution in [0.15, 0.2) is 29.6 Å². The number of carbonyl (C=O) groups excluding carboxylic acids is 1. The number of aromatic nitrogens is 1. The predicted octanol–water partition coefficient (Wildman–Crippen LogP) is 3.70. The summed E-state index contributed by atoms with van der Waals surface area (Å²) in [5.74, 6) is -0.705. The molecular weight excluding hydrogens is 329 g/mol. The zero-order valence-electron chi connectivity index (χ0n) is 9.36. The number of nitrogens with zero attached hydrogens (tertiary/aromatic N) is 1. The summed E-state index contributed by atoms with van der Waals surface area (Å²) in [6.07, 6.45) is 0. The van der Waals surface area contributed by atoms with Crippen molar-refractivity contribution in [3.8, 4) is 11.3 Å². The highest BCUT2D eigenvalue weighted by atomic mass is 35.6. The van der Waals surface area contributed by atoms with Gasteiger partial charge in [-0.05, 0) is 12.1 Å². The first-order chi connectivity index (χ1) is 8.86. The summed E-state index contributed by atoms with van der Waals surface area (Å²) in [7, 11) is 0. The van der Waals surface area contributed by atoms with E-state index in [-0.39, 0.29) is 0 Å². The predicted molar refractivity (Wildman–Crippen MR) is 80.9 cm³/mol. The van der Waals surface area contributed by atoms with Gasteiger partial charge in [-0.1, -0.05) is 46.9 Å². The van der Waals surface area contributed by atoms with Crippen LogP contribution in [-0.2, 0) is 4.79 Å². The van der Waals surface area contributed by atoms with Gasteiger partial charge < -0.3 is 11.1 Å². The van der Waals surface area contributed by atoms with E-state index in [0.717, 1.165) is 11.3 Å². The molecule has 2 rings (SSSR count). The molecule has 0 saturated carbocycles. The number of alkyl halides is 3. The van der Waals surface area contributed by atoms with Gasteiger partial charge >= 0.3 is 0 Å². The molecule has 0 bridgehead atoms.